The number of nitrogens with zero attached hydrogens (tertiary/aromatic N) is 5. The van der Waals surface area contributed by atoms with Gasteiger partial charge in [-0.3, -0.25) is 19.5 Å². The number of hydrogen-bond acceptors (Lipinski definition) is 7. The van der Waals surface area contributed by atoms with E-state index in [0.29, 0.717) is 11.4 Å². The summed E-state index contributed by atoms with van der Waals surface area (Å²) < 4.78 is 21.4. The van der Waals surface area contributed by atoms with Crippen LogP contribution in [0.3, 0.4) is 0 Å². The van der Waals surface area contributed by atoms with Crippen molar-refractivity contribution < 1.29 is 14.1 Å². The second kappa shape index (κ2) is 10.0. The molecule has 0 saturated carbocycles. The minimum Gasteiger partial charge on any atom is -0.496 e. The lowest BCUT2D eigenvalue weighted by molar-refractivity contribution is -0.386. The Balaban J connectivity index is 2.29. The number of fused-ring (bicyclic) bond motifs is 1. The average Bonchev–Trinajstić information content (AvgIpc) is 2.83. The predicted octanol–water partition coefficient (Wildman–Crippen LogP) is 6.45. The van der Waals surface area contributed by atoms with Crippen molar-refractivity contribution in [3.63, 3.8) is 0 Å². The first kappa shape index (κ1) is 26.4. The Labute approximate surface area is 221 Å². The van der Waals surface area contributed by atoms with Gasteiger partial charge in [0.25, 0.3) is 0 Å². The lowest BCUT2D eigenvalue weighted by Crippen LogP contribution is -2.26. The number of methoxy groups -OCH3 is 1. The van der Waals surface area contributed by atoms with Gasteiger partial charge < -0.3 is 4.74 Å². The Morgan fingerprint density at radius 2 is 1.73 bits per heavy atom. The number of pyridine rings is 2. The number of benzene rings is 1. The quantitative estimate of drug-likeness (QED) is 0.202. The molecule has 192 valence electrons. The van der Waals surface area contributed by atoms with Crippen molar-refractivity contribution in [2.24, 2.45) is 0 Å². The molecule has 4 aromatic rings. The van der Waals surface area contributed by atoms with Gasteiger partial charge in [-0.15, -0.1) is 0 Å². The number of nitro groups is 1. The summed E-state index contributed by atoms with van der Waals surface area (Å²) in [6.45, 7) is 7.47. The summed E-state index contributed by atoms with van der Waals surface area (Å²) in [4.78, 5) is 38.2. The van der Waals surface area contributed by atoms with Crippen LogP contribution < -0.4 is 10.3 Å². The summed E-state index contributed by atoms with van der Waals surface area (Å²) >= 11 is 12.9. The highest BCUT2D eigenvalue weighted by Crippen LogP contribution is 2.40. The van der Waals surface area contributed by atoms with Crippen molar-refractivity contribution >= 4 is 39.9 Å². The Hall–Kier alpha value is -3.63. The van der Waals surface area contributed by atoms with E-state index in [0.717, 1.165) is 4.57 Å². The first-order valence-electron chi connectivity index (χ1n) is 11.3. The van der Waals surface area contributed by atoms with Gasteiger partial charge in [0.2, 0.25) is 0 Å². The molecular weight excluding hydrogens is 524 g/mol. The molecule has 3 heterocycles. The van der Waals surface area contributed by atoms with Crippen molar-refractivity contribution in [2.45, 2.75) is 39.5 Å². The zero-order valence-electron chi connectivity index (χ0n) is 20.5. The number of ether oxygens (including phenoxy) is 1. The van der Waals surface area contributed by atoms with E-state index in [-0.39, 0.29) is 50.6 Å². The minimum atomic E-state index is -1.03. The molecule has 0 radical (unpaired) electrons. The highest BCUT2D eigenvalue weighted by atomic mass is 35.5. The second-order valence-electron chi connectivity index (χ2n) is 8.87. The molecule has 0 bridgehead atoms. The van der Waals surface area contributed by atoms with Crippen LogP contribution in [0.15, 0.2) is 35.4 Å². The van der Waals surface area contributed by atoms with Crippen LogP contribution in [0.4, 0.5) is 10.1 Å². The van der Waals surface area contributed by atoms with Crippen LogP contribution in [0.1, 0.15) is 50.9 Å². The summed E-state index contributed by atoms with van der Waals surface area (Å²) in [5, 5.41) is 11.5. The SMILES string of the molecule is COc1cccc(F)c1-c1nc2c(cc1Cl)c(Cl)c([N+](=O)[O-])c(=O)n2-c1c(C(C)C)ncnc1C(C)C. The molecule has 12 heteroatoms. The van der Waals surface area contributed by atoms with Gasteiger partial charge in [0, 0.05) is 5.39 Å². The van der Waals surface area contributed by atoms with Crippen molar-refractivity contribution in [3.05, 3.63) is 78.3 Å². The second-order valence-corrected chi connectivity index (χ2v) is 9.65. The van der Waals surface area contributed by atoms with Gasteiger partial charge in [-0.1, -0.05) is 57.0 Å². The molecule has 4 rings (SSSR count). The van der Waals surface area contributed by atoms with Crippen molar-refractivity contribution in [2.75, 3.05) is 7.11 Å². The molecule has 0 saturated heterocycles. The molecule has 1 aromatic carbocycles. The van der Waals surface area contributed by atoms with Gasteiger partial charge in [-0.2, -0.15) is 0 Å². The zero-order chi connectivity index (χ0) is 27.2. The fourth-order valence-corrected chi connectivity index (χ4v) is 4.70. The monoisotopic (exact) mass is 545 g/mol. The summed E-state index contributed by atoms with van der Waals surface area (Å²) in [7, 11) is 1.37. The van der Waals surface area contributed by atoms with E-state index in [1.807, 2.05) is 27.7 Å². The van der Waals surface area contributed by atoms with E-state index in [4.69, 9.17) is 27.9 Å². The molecule has 0 aliphatic heterocycles. The maximum Gasteiger partial charge on any atom is 0.353 e. The average molecular weight is 546 g/mol. The Kier molecular flexibility index (Phi) is 7.16. The lowest BCUT2D eigenvalue weighted by atomic mass is 10.0. The molecule has 0 amide bonds. The fourth-order valence-electron chi connectivity index (χ4n) is 4.16. The van der Waals surface area contributed by atoms with Crippen LogP contribution >= 0.6 is 23.2 Å². The third-order valence-electron chi connectivity index (χ3n) is 5.83. The highest BCUT2D eigenvalue weighted by molar-refractivity contribution is 6.39. The van der Waals surface area contributed by atoms with Gasteiger partial charge in [-0.25, -0.2) is 19.3 Å². The Morgan fingerprint density at radius 3 is 2.27 bits per heavy atom. The standard InChI is InChI=1S/C25H22Cl2FN5O4/c1-11(2)19-23(20(12(3)4)30-10-29-19)32-24-13(18(27)22(25(32)34)33(35)36)9-14(26)21(31-24)17-15(28)7-6-8-16(17)37-5/h6-12H,1-5H3. The molecule has 0 fully saturated rings. The number of rotatable bonds is 6. The Bertz CT molecular complexity index is 1600. The van der Waals surface area contributed by atoms with Gasteiger partial charge in [0.1, 0.15) is 28.6 Å². The van der Waals surface area contributed by atoms with E-state index >= 15 is 4.39 Å². The van der Waals surface area contributed by atoms with Crippen LogP contribution in [-0.2, 0) is 0 Å². The smallest absolute Gasteiger partial charge is 0.353 e. The van der Waals surface area contributed by atoms with E-state index < -0.39 is 27.0 Å². The summed E-state index contributed by atoms with van der Waals surface area (Å²) in [5.74, 6) is -0.885. The molecule has 0 aliphatic rings. The van der Waals surface area contributed by atoms with Gasteiger partial charge in [-0.05, 0) is 30.0 Å². The van der Waals surface area contributed by atoms with E-state index in [1.165, 1.54) is 37.7 Å². The maximum absolute atomic E-state index is 15.0. The normalized spacial score (nSPS) is 11.5. The molecular formula is C25H22Cl2FN5O4. The van der Waals surface area contributed by atoms with Crippen LogP contribution in [0.2, 0.25) is 10.0 Å². The first-order chi connectivity index (χ1) is 17.5. The van der Waals surface area contributed by atoms with Crippen LogP contribution in [0, 0.1) is 15.9 Å². The van der Waals surface area contributed by atoms with Gasteiger partial charge >= 0.3 is 11.2 Å². The Morgan fingerprint density at radius 1 is 1.11 bits per heavy atom. The third-order valence-corrected chi connectivity index (χ3v) is 6.50. The highest BCUT2D eigenvalue weighted by Gasteiger charge is 2.31. The first-order valence-corrected chi connectivity index (χ1v) is 12.0. The summed E-state index contributed by atoms with van der Waals surface area (Å²) in [6.07, 6.45) is 1.38. The van der Waals surface area contributed by atoms with Crippen LogP contribution in [0.5, 0.6) is 5.75 Å². The van der Waals surface area contributed by atoms with E-state index in [9.17, 15) is 14.9 Å². The van der Waals surface area contributed by atoms with Crippen molar-refractivity contribution in [1.82, 2.24) is 19.5 Å². The van der Waals surface area contributed by atoms with Gasteiger partial charge in [0.15, 0.2) is 0 Å². The van der Waals surface area contributed by atoms with Crippen LogP contribution in [0.25, 0.3) is 28.0 Å². The number of hydrogen-bond donors (Lipinski definition) is 0. The number of aromatic nitrogens is 4. The molecule has 0 N–H and O–H groups in total. The molecule has 0 atom stereocenters. The molecule has 0 aliphatic carbocycles. The lowest BCUT2D eigenvalue weighted by Gasteiger charge is -2.21. The summed E-state index contributed by atoms with van der Waals surface area (Å²) in [5.41, 5.74) is -0.814. The third kappa shape index (κ3) is 4.40. The van der Waals surface area contributed by atoms with Crippen LogP contribution in [-0.4, -0.2) is 31.6 Å². The predicted molar refractivity (Wildman–Crippen MR) is 140 cm³/mol. The zero-order valence-corrected chi connectivity index (χ0v) is 22.1. The maximum atomic E-state index is 15.0. The van der Waals surface area contributed by atoms with Crippen molar-refractivity contribution in [3.8, 4) is 22.7 Å². The number of halogens is 3. The van der Waals surface area contributed by atoms with E-state index in [1.54, 1.807) is 0 Å². The molecule has 37 heavy (non-hydrogen) atoms. The van der Waals surface area contributed by atoms with Crippen molar-refractivity contribution in [1.29, 1.82) is 0 Å². The molecule has 0 unspecified atom stereocenters. The largest absolute Gasteiger partial charge is 0.496 e. The molecule has 9 nitrogen and oxygen atoms in total. The summed E-state index contributed by atoms with van der Waals surface area (Å²) in [6, 6.07) is 5.54. The molecule has 3 aromatic heterocycles. The minimum absolute atomic E-state index is 0.0313. The molecule has 0 spiro atoms. The topological polar surface area (TPSA) is 113 Å². The fraction of sp³-hybridized carbons (Fsp3) is 0.280. The van der Waals surface area contributed by atoms with Gasteiger partial charge in [0.05, 0.1) is 45.4 Å². The van der Waals surface area contributed by atoms with E-state index in [2.05, 4.69) is 15.0 Å².